The summed E-state index contributed by atoms with van der Waals surface area (Å²) in [6.45, 7) is 1.75. The number of halogens is 2. The summed E-state index contributed by atoms with van der Waals surface area (Å²) in [7, 11) is -3.14. The average Bonchev–Trinajstić information content (AvgIpc) is 2.89. The van der Waals surface area contributed by atoms with E-state index in [1.165, 1.54) is 19.2 Å². The number of benzene rings is 4. The summed E-state index contributed by atoms with van der Waals surface area (Å²) in [5, 5.41) is 25.5. The second-order valence-corrected chi connectivity index (χ2v) is 10.2. The molecule has 0 saturated heterocycles. The molecule has 39 heavy (non-hydrogen) atoms. The quantitative estimate of drug-likeness (QED) is 0.189. The van der Waals surface area contributed by atoms with E-state index < -0.39 is 26.7 Å². The largest absolute Gasteiger partial charge is 1.00 e. The third kappa shape index (κ3) is 6.55. The fourth-order valence-corrected chi connectivity index (χ4v) is 4.82. The van der Waals surface area contributed by atoms with E-state index in [4.69, 9.17) is 27.9 Å². The van der Waals surface area contributed by atoms with Gasteiger partial charge in [0.15, 0.2) is 0 Å². The van der Waals surface area contributed by atoms with Gasteiger partial charge < -0.3 is 15.2 Å². The SMILES string of the molecule is CCc1cc(S(=O)(=O)O)cc(N=Nc2c([O-])c(C(=O)Nc3c(Cl)cccc3OC)cc3ccccc23)c1Cl.[Na+]. The number of hydrogen-bond donors (Lipinski definition) is 2. The van der Waals surface area contributed by atoms with Crippen molar-refractivity contribution in [3.05, 3.63) is 81.8 Å². The molecule has 0 atom stereocenters. The van der Waals surface area contributed by atoms with Gasteiger partial charge in [0.05, 0.1) is 27.7 Å². The summed E-state index contributed by atoms with van der Waals surface area (Å²) in [6, 6.07) is 15.3. The standard InChI is InChI=1S/C26H21Cl2N3O6S.Na/c1-3-14-11-16(38(34,35)36)13-20(22(14)28)30-31-23-17-8-5-4-7-15(17)12-18(25(23)32)26(33)29-24-19(27)9-6-10-21(24)37-2;/h4-13,32H,3H2,1-2H3,(H,29,33)(H,34,35,36);/q;+1/p-1. The zero-order valence-electron chi connectivity index (χ0n) is 21.0. The molecule has 0 radical (unpaired) electrons. The van der Waals surface area contributed by atoms with Gasteiger partial charge >= 0.3 is 29.6 Å². The van der Waals surface area contributed by atoms with Crippen LogP contribution in [-0.4, -0.2) is 26.0 Å². The number of carbonyl (C=O) groups excluding carboxylic acids is 1. The van der Waals surface area contributed by atoms with E-state index in [0.717, 1.165) is 6.07 Å². The summed E-state index contributed by atoms with van der Waals surface area (Å²) >= 11 is 12.6. The number of fused-ring (bicyclic) bond motifs is 1. The van der Waals surface area contributed by atoms with Crippen molar-refractivity contribution in [1.82, 2.24) is 0 Å². The molecule has 9 nitrogen and oxygen atoms in total. The zero-order chi connectivity index (χ0) is 27.6. The molecule has 196 valence electrons. The second kappa shape index (κ2) is 12.6. The number of methoxy groups -OCH3 is 1. The average molecular weight is 596 g/mol. The number of nitrogens with zero attached hydrogens (tertiary/aromatic N) is 2. The van der Waals surface area contributed by atoms with Gasteiger partial charge in [0.2, 0.25) is 0 Å². The topological polar surface area (TPSA) is 140 Å². The van der Waals surface area contributed by atoms with Gasteiger partial charge in [0, 0.05) is 10.9 Å². The number of hydrogen-bond acceptors (Lipinski definition) is 7. The van der Waals surface area contributed by atoms with Crippen LogP contribution in [0, 0.1) is 0 Å². The van der Waals surface area contributed by atoms with Crippen LogP contribution in [-0.2, 0) is 16.5 Å². The molecule has 0 heterocycles. The molecule has 0 aliphatic carbocycles. The van der Waals surface area contributed by atoms with Crippen LogP contribution < -0.4 is 44.7 Å². The second-order valence-electron chi connectivity index (χ2n) is 8.04. The maximum Gasteiger partial charge on any atom is 1.00 e. The Labute approximate surface area is 256 Å². The number of amides is 1. The van der Waals surface area contributed by atoms with E-state index in [2.05, 4.69) is 15.5 Å². The maximum absolute atomic E-state index is 13.5. The summed E-state index contributed by atoms with van der Waals surface area (Å²) in [5.74, 6) is -1.17. The number of carbonyl (C=O) groups is 1. The Balaban J connectivity index is 0.00000420. The van der Waals surface area contributed by atoms with Gasteiger partial charge in [0.1, 0.15) is 17.1 Å². The van der Waals surface area contributed by atoms with Crippen LogP contribution in [0.4, 0.5) is 17.1 Å². The van der Waals surface area contributed by atoms with Crippen LogP contribution in [0.5, 0.6) is 11.5 Å². The van der Waals surface area contributed by atoms with Crippen LogP contribution in [0.15, 0.2) is 75.8 Å². The first kappa shape index (κ1) is 30.8. The van der Waals surface area contributed by atoms with E-state index in [-0.39, 0.29) is 62.2 Å². The predicted molar refractivity (Wildman–Crippen MR) is 144 cm³/mol. The Morgan fingerprint density at radius 2 is 1.79 bits per heavy atom. The molecule has 4 rings (SSSR count). The van der Waals surface area contributed by atoms with Gasteiger partial charge in [-0.25, -0.2) is 0 Å². The normalized spacial score (nSPS) is 11.4. The molecule has 1 amide bonds. The van der Waals surface area contributed by atoms with Gasteiger partial charge in [-0.1, -0.05) is 66.2 Å². The predicted octanol–water partition coefficient (Wildman–Crippen LogP) is 3.71. The van der Waals surface area contributed by atoms with Crippen molar-refractivity contribution in [2.45, 2.75) is 18.2 Å². The molecule has 0 bridgehead atoms. The first-order valence-electron chi connectivity index (χ1n) is 11.1. The molecular weight excluding hydrogens is 576 g/mol. The number of nitrogens with one attached hydrogen (secondary N) is 1. The smallest absolute Gasteiger partial charge is 0.870 e. The molecule has 0 fully saturated rings. The third-order valence-electron chi connectivity index (χ3n) is 5.69. The molecule has 0 saturated carbocycles. The Kier molecular flexibility index (Phi) is 10.0. The molecule has 0 spiro atoms. The molecule has 0 aliphatic rings. The number of rotatable bonds is 7. The summed E-state index contributed by atoms with van der Waals surface area (Å²) in [6.07, 6.45) is 0.349. The van der Waals surface area contributed by atoms with Crippen LogP contribution in [0.3, 0.4) is 0 Å². The van der Waals surface area contributed by atoms with E-state index in [9.17, 15) is 22.9 Å². The maximum atomic E-state index is 13.5. The molecular formula is C26H20Cl2N3NaO6S. The first-order chi connectivity index (χ1) is 18.0. The molecule has 0 aliphatic heterocycles. The molecule has 4 aromatic rings. The minimum Gasteiger partial charge on any atom is -0.870 e. The monoisotopic (exact) mass is 595 g/mol. The number of para-hydroxylation sites is 1. The van der Waals surface area contributed by atoms with Gasteiger partial charge in [0.25, 0.3) is 16.0 Å². The number of azo groups is 1. The van der Waals surface area contributed by atoms with Crippen LogP contribution in [0.1, 0.15) is 22.8 Å². The number of anilines is 1. The van der Waals surface area contributed by atoms with Crippen molar-refractivity contribution in [2.24, 2.45) is 10.2 Å². The van der Waals surface area contributed by atoms with E-state index in [1.54, 1.807) is 49.4 Å². The number of ether oxygens (including phenoxy) is 1. The van der Waals surface area contributed by atoms with Gasteiger partial charge in [-0.2, -0.15) is 13.5 Å². The Morgan fingerprint density at radius 3 is 2.46 bits per heavy atom. The Bertz CT molecular complexity index is 1710. The molecule has 13 heteroatoms. The van der Waals surface area contributed by atoms with Crippen molar-refractivity contribution in [3.63, 3.8) is 0 Å². The summed E-state index contributed by atoms with van der Waals surface area (Å²) in [4.78, 5) is 12.8. The molecule has 2 N–H and O–H groups in total. The van der Waals surface area contributed by atoms with Crippen molar-refractivity contribution >= 4 is 67.1 Å². The minimum atomic E-state index is -4.55. The summed E-state index contributed by atoms with van der Waals surface area (Å²) < 4.78 is 38.2. The van der Waals surface area contributed by atoms with Crippen molar-refractivity contribution in [3.8, 4) is 11.5 Å². The Hall–Kier alpha value is -2.70. The fraction of sp³-hybridized carbons (Fsp3) is 0.115. The minimum absolute atomic E-state index is 0. The van der Waals surface area contributed by atoms with E-state index >= 15 is 0 Å². The third-order valence-corrected chi connectivity index (χ3v) is 7.28. The first-order valence-corrected chi connectivity index (χ1v) is 13.3. The van der Waals surface area contributed by atoms with Crippen molar-refractivity contribution in [2.75, 3.05) is 12.4 Å². The Morgan fingerprint density at radius 1 is 1.08 bits per heavy atom. The van der Waals surface area contributed by atoms with E-state index in [0.29, 0.717) is 28.5 Å². The fourth-order valence-electron chi connectivity index (χ4n) is 3.78. The number of aryl methyl sites for hydroxylation is 1. The van der Waals surface area contributed by atoms with Crippen LogP contribution in [0.2, 0.25) is 10.0 Å². The van der Waals surface area contributed by atoms with Gasteiger partial charge in [-0.3, -0.25) is 9.35 Å². The van der Waals surface area contributed by atoms with E-state index in [1.807, 2.05) is 0 Å². The molecule has 0 unspecified atom stereocenters. The van der Waals surface area contributed by atoms with Crippen LogP contribution >= 0.6 is 23.2 Å². The van der Waals surface area contributed by atoms with Gasteiger partial charge in [-0.15, -0.1) is 5.11 Å². The van der Waals surface area contributed by atoms with Crippen LogP contribution in [0.25, 0.3) is 10.8 Å². The summed E-state index contributed by atoms with van der Waals surface area (Å²) in [5.41, 5.74) is 0.137. The zero-order valence-corrected chi connectivity index (χ0v) is 25.4. The van der Waals surface area contributed by atoms with Crippen molar-refractivity contribution < 1.29 is 57.2 Å². The van der Waals surface area contributed by atoms with Gasteiger partial charge in [-0.05, 0) is 47.7 Å². The van der Waals surface area contributed by atoms with Crippen molar-refractivity contribution in [1.29, 1.82) is 0 Å². The molecule has 4 aromatic carbocycles. The molecule has 0 aromatic heterocycles.